The van der Waals surface area contributed by atoms with Gasteiger partial charge in [0.15, 0.2) is 0 Å². The van der Waals surface area contributed by atoms with Crippen LogP contribution in [-0.2, 0) is 4.79 Å². The van der Waals surface area contributed by atoms with E-state index in [1.54, 1.807) is 0 Å². The van der Waals surface area contributed by atoms with Crippen LogP contribution in [0.1, 0.15) is 25.7 Å². The van der Waals surface area contributed by atoms with Gasteiger partial charge in [-0.15, -0.1) is 0 Å². The van der Waals surface area contributed by atoms with E-state index in [-0.39, 0.29) is 0 Å². The van der Waals surface area contributed by atoms with Crippen LogP contribution in [0.3, 0.4) is 0 Å². The van der Waals surface area contributed by atoms with Crippen LogP contribution in [0.4, 0.5) is 0 Å². The van der Waals surface area contributed by atoms with Crippen molar-refractivity contribution in [1.29, 1.82) is 0 Å². The lowest BCUT2D eigenvalue weighted by atomic mass is 9.90. The minimum Gasteiger partial charge on any atom is -0.303 e. The maximum atomic E-state index is 10.2. The summed E-state index contributed by atoms with van der Waals surface area (Å²) in [6.45, 7) is 0. The van der Waals surface area contributed by atoms with Crippen molar-refractivity contribution in [2.75, 3.05) is 0 Å². The molecule has 1 nitrogen and oxygen atoms in total. The third-order valence-corrected chi connectivity index (χ3v) is 2.45. The lowest BCUT2D eigenvalue weighted by Crippen LogP contribution is -2.14. The number of thiol groups is 1. The van der Waals surface area contributed by atoms with Gasteiger partial charge in [-0.1, -0.05) is 0 Å². The monoisotopic (exact) mass is 144 g/mol. The molecule has 0 aromatic heterocycles. The van der Waals surface area contributed by atoms with Gasteiger partial charge in [-0.25, -0.2) is 0 Å². The van der Waals surface area contributed by atoms with Crippen molar-refractivity contribution in [3.05, 3.63) is 0 Å². The maximum absolute atomic E-state index is 10.2. The first-order valence-corrected chi connectivity index (χ1v) is 3.98. The second-order valence-electron chi connectivity index (χ2n) is 2.70. The van der Waals surface area contributed by atoms with Crippen LogP contribution in [0.15, 0.2) is 0 Å². The van der Waals surface area contributed by atoms with Gasteiger partial charge in [0.1, 0.15) is 6.29 Å². The lowest BCUT2D eigenvalue weighted by molar-refractivity contribution is -0.111. The Labute approximate surface area is 61.2 Å². The van der Waals surface area contributed by atoms with Crippen molar-refractivity contribution in [3.8, 4) is 0 Å². The highest BCUT2D eigenvalue weighted by molar-refractivity contribution is 7.80. The Morgan fingerprint density at radius 1 is 1.22 bits per heavy atom. The largest absolute Gasteiger partial charge is 0.303 e. The highest BCUT2D eigenvalue weighted by atomic mass is 32.1. The smallest absolute Gasteiger partial charge is 0.123 e. The summed E-state index contributed by atoms with van der Waals surface area (Å²) in [6, 6.07) is 0. The van der Waals surface area contributed by atoms with E-state index in [2.05, 4.69) is 12.6 Å². The summed E-state index contributed by atoms with van der Waals surface area (Å²) in [5.74, 6) is 0.341. The van der Waals surface area contributed by atoms with Crippen LogP contribution in [-0.4, -0.2) is 11.5 Å². The summed E-state index contributed by atoms with van der Waals surface area (Å²) in [7, 11) is 0. The molecule has 9 heavy (non-hydrogen) atoms. The molecule has 1 aliphatic carbocycles. The Bertz CT molecular complexity index is 95.1. The number of aldehydes is 1. The summed E-state index contributed by atoms with van der Waals surface area (Å²) in [5.41, 5.74) is 0. The van der Waals surface area contributed by atoms with E-state index < -0.39 is 0 Å². The quantitative estimate of drug-likeness (QED) is 0.437. The molecule has 0 radical (unpaired) electrons. The van der Waals surface area contributed by atoms with Crippen LogP contribution in [0.25, 0.3) is 0 Å². The average Bonchev–Trinajstić information content (AvgIpc) is 1.90. The molecular formula is C7H12OS. The van der Waals surface area contributed by atoms with E-state index in [1.807, 2.05) is 0 Å². The first kappa shape index (κ1) is 7.13. The SMILES string of the molecule is O=CC1CCC(S)CC1. The molecule has 1 saturated carbocycles. The van der Waals surface area contributed by atoms with Crippen LogP contribution in [0.5, 0.6) is 0 Å². The first-order chi connectivity index (χ1) is 4.33. The van der Waals surface area contributed by atoms with Gasteiger partial charge in [-0.2, -0.15) is 12.6 Å². The van der Waals surface area contributed by atoms with Gasteiger partial charge < -0.3 is 4.79 Å². The topological polar surface area (TPSA) is 17.1 Å². The van der Waals surface area contributed by atoms with Gasteiger partial charge in [0.05, 0.1) is 0 Å². The fourth-order valence-electron chi connectivity index (χ4n) is 1.24. The summed E-state index contributed by atoms with van der Waals surface area (Å²) in [6.07, 6.45) is 5.42. The molecule has 1 fully saturated rings. The second kappa shape index (κ2) is 3.25. The molecule has 2 heteroatoms. The molecule has 0 heterocycles. The normalized spacial score (nSPS) is 36.1. The Kier molecular flexibility index (Phi) is 2.58. The average molecular weight is 144 g/mol. The maximum Gasteiger partial charge on any atom is 0.123 e. The van der Waals surface area contributed by atoms with Gasteiger partial charge in [0.25, 0.3) is 0 Å². The third-order valence-electron chi connectivity index (χ3n) is 1.93. The van der Waals surface area contributed by atoms with E-state index in [4.69, 9.17) is 0 Å². The Hall–Kier alpha value is 0.0200. The Morgan fingerprint density at radius 3 is 2.22 bits per heavy atom. The molecule has 0 bridgehead atoms. The first-order valence-electron chi connectivity index (χ1n) is 3.46. The number of hydrogen-bond donors (Lipinski definition) is 1. The predicted molar refractivity (Wildman–Crippen MR) is 40.8 cm³/mol. The van der Waals surface area contributed by atoms with Crippen molar-refractivity contribution in [2.24, 2.45) is 5.92 Å². The summed E-state index contributed by atoms with van der Waals surface area (Å²) < 4.78 is 0. The van der Waals surface area contributed by atoms with E-state index in [0.717, 1.165) is 32.0 Å². The molecule has 0 aromatic rings. The van der Waals surface area contributed by atoms with Crippen molar-refractivity contribution < 1.29 is 4.79 Å². The van der Waals surface area contributed by atoms with E-state index in [9.17, 15) is 4.79 Å². The third kappa shape index (κ3) is 2.01. The van der Waals surface area contributed by atoms with Crippen molar-refractivity contribution in [1.82, 2.24) is 0 Å². The molecule has 0 N–H and O–H groups in total. The molecule has 1 aliphatic rings. The van der Waals surface area contributed by atoms with Crippen molar-refractivity contribution in [2.45, 2.75) is 30.9 Å². The lowest BCUT2D eigenvalue weighted by Gasteiger charge is -2.20. The van der Waals surface area contributed by atoms with Gasteiger partial charge in [0.2, 0.25) is 0 Å². The molecule has 0 unspecified atom stereocenters. The van der Waals surface area contributed by atoms with E-state index in [0.29, 0.717) is 11.2 Å². The molecule has 52 valence electrons. The number of rotatable bonds is 1. The zero-order chi connectivity index (χ0) is 6.69. The fourth-order valence-corrected chi connectivity index (χ4v) is 1.54. The summed E-state index contributed by atoms with van der Waals surface area (Å²) >= 11 is 4.32. The highest BCUT2D eigenvalue weighted by Gasteiger charge is 2.17. The Morgan fingerprint density at radius 2 is 1.78 bits per heavy atom. The molecule has 0 spiro atoms. The van der Waals surface area contributed by atoms with Gasteiger partial charge in [0, 0.05) is 11.2 Å². The van der Waals surface area contributed by atoms with E-state index >= 15 is 0 Å². The minimum absolute atomic E-state index is 0.341. The zero-order valence-corrected chi connectivity index (χ0v) is 6.31. The fraction of sp³-hybridized carbons (Fsp3) is 0.857. The van der Waals surface area contributed by atoms with Gasteiger partial charge >= 0.3 is 0 Å². The standard InChI is InChI=1S/C7H12OS/c8-5-6-1-3-7(9)4-2-6/h5-7,9H,1-4H2. The van der Waals surface area contributed by atoms with Gasteiger partial charge in [-0.3, -0.25) is 0 Å². The molecule has 0 aliphatic heterocycles. The molecular weight excluding hydrogens is 132 g/mol. The Balaban J connectivity index is 2.26. The summed E-state index contributed by atoms with van der Waals surface area (Å²) in [5, 5.41) is 0.557. The number of hydrogen-bond acceptors (Lipinski definition) is 2. The van der Waals surface area contributed by atoms with Crippen molar-refractivity contribution in [3.63, 3.8) is 0 Å². The molecule has 1 rings (SSSR count). The molecule has 0 aromatic carbocycles. The van der Waals surface area contributed by atoms with Crippen LogP contribution in [0.2, 0.25) is 0 Å². The molecule has 0 saturated heterocycles. The minimum atomic E-state index is 0.341. The molecule has 0 atom stereocenters. The van der Waals surface area contributed by atoms with Crippen LogP contribution >= 0.6 is 12.6 Å². The second-order valence-corrected chi connectivity index (χ2v) is 3.43. The zero-order valence-electron chi connectivity index (χ0n) is 5.42. The van der Waals surface area contributed by atoms with E-state index in [1.165, 1.54) is 0 Å². The van der Waals surface area contributed by atoms with Crippen LogP contribution < -0.4 is 0 Å². The highest BCUT2D eigenvalue weighted by Crippen LogP contribution is 2.25. The summed E-state index contributed by atoms with van der Waals surface area (Å²) in [4.78, 5) is 10.2. The molecule has 0 amide bonds. The predicted octanol–water partition coefficient (Wildman–Crippen LogP) is 1.67. The van der Waals surface area contributed by atoms with Gasteiger partial charge in [-0.05, 0) is 25.7 Å². The van der Waals surface area contributed by atoms with Crippen molar-refractivity contribution >= 4 is 18.9 Å². The van der Waals surface area contributed by atoms with Crippen LogP contribution in [0, 0.1) is 5.92 Å². The number of carbonyl (C=O) groups excluding carboxylic acids is 1. The number of carbonyl (C=O) groups is 1.